The third kappa shape index (κ3) is 6.39. The van der Waals surface area contributed by atoms with Gasteiger partial charge in [-0.1, -0.05) is 67.4 Å². The average Bonchev–Trinajstić information content (AvgIpc) is 3.80. The Bertz CT molecular complexity index is 2280. The van der Waals surface area contributed by atoms with E-state index in [9.17, 15) is 19.2 Å². The molecule has 1 aliphatic heterocycles. The van der Waals surface area contributed by atoms with Crippen LogP contribution in [0, 0.1) is 0 Å². The number of hydrogen-bond acceptors (Lipinski definition) is 8. The average molecular weight is 705 g/mol. The standard InChI is InChI=1S/C37H33ClN8O5/c1-3-4-19-51-37(50)41-32-30(33-39-15-10-16-46(33)43-32)34(47)40-22(2)26-20-28(38)27-21-44(42-31(27)29(26)23-11-6-5-7-12-23)17-18-45-35(48)24-13-8-9-14-25(24)36(45)49/h5-16,20-22H,3-4,17-19H2,1-2H3,(H,40,47)(H,41,43,50). The lowest BCUT2D eigenvalue weighted by Gasteiger charge is -2.20. The molecule has 0 spiro atoms. The molecule has 0 radical (unpaired) electrons. The first-order chi connectivity index (χ1) is 24.7. The maximum Gasteiger partial charge on any atom is 0.412 e. The monoisotopic (exact) mass is 704 g/mol. The first kappa shape index (κ1) is 33.4. The number of hydrogen-bond donors (Lipinski definition) is 2. The third-order valence-corrected chi connectivity index (χ3v) is 9.02. The van der Waals surface area contributed by atoms with E-state index < -0.39 is 18.0 Å². The van der Waals surface area contributed by atoms with Crippen molar-refractivity contribution >= 4 is 57.8 Å². The van der Waals surface area contributed by atoms with Crippen LogP contribution in [0.1, 0.15) is 69.4 Å². The van der Waals surface area contributed by atoms with Gasteiger partial charge in [0.25, 0.3) is 17.7 Å². The molecule has 0 fully saturated rings. The molecule has 4 heterocycles. The molecule has 14 heteroatoms. The number of benzene rings is 3. The molecule has 13 nitrogen and oxygen atoms in total. The third-order valence-electron chi connectivity index (χ3n) is 8.71. The molecule has 4 amide bonds. The van der Waals surface area contributed by atoms with Crippen molar-refractivity contribution in [2.45, 2.75) is 39.3 Å². The molecule has 3 aromatic carbocycles. The zero-order chi connectivity index (χ0) is 35.6. The number of carbonyl (C=O) groups is 4. The molecule has 3 aromatic heterocycles. The minimum Gasteiger partial charge on any atom is -0.449 e. The zero-order valence-electron chi connectivity index (χ0n) is 27.8. The van der Waals surface area contributed by atoms with E-state index in [1.165, 1.54) is 15.6 Å². The molecule has 7 rings (SSSR count). The summed E-state index contributed by atoms with van der Waals surface area (Å²) in [5.74, 6) is -1.19. The van der Waals surface area contributed by atoms with Crippen LogP contribution in [0.4, 0.5) is 10.6 Å². The molecule has 0 saturated heterocycles. The van der Waals surface area contributed by atoms with Crippen molar-refractivity contribution in [3.05, 3.63) is 113 Å². The van der Waals surface area contributed by atoms with E-state index in [1.54, 1.807) is 53.5 Å². The summed E-state index contributed by atoms with van der Waals surface area (Å²) in [6, 6.07) is 19.2. The minimum absolute atomic E-state index is 0.00784. The molecule has 6 aromatic rings. The summed E-state index contributed by atoms with van der Waals surface area (Å²) >= 11 is 6.89. The lowest BCUT2D eigenvalue weighted by atomic mass is 9.93. The maximum atomic E-state index is 14.0. The van der Waals surface area contributed by atoms with Gasteiger partial charge in [0, 0.05) is 36.1 Å². The van der Waals surface area contributed by atoms with Gasteiger partial charge in [0.2, 0.25) is 0 Å². The van der Waals surface area contributed by atoms with Gasteiger partial charge in [0.15, 0.2) is 11.5 Å². The number of nitrogens with one attached hydrogen (secondary N) is 2. The van der Waals surface area contributed by atoms with Crippen molar-refractivity contribution in [1.29, 1.82) is 0 Å². The van der Waals surface area contributed by atoms with E-state index >= 15 is 0 Å². The van der Waals surface area contributed by atoms with Crippen LogP contribution in [0.5, 0.6) is 0 Å². The predicted octanol–water partition coefficient (Wildman–Crippen LogP) is 6.54. The van der Waals surface area contributed by atoms with E-state index in [4.69, 9.17) is 21.4 Å². The number of unbranched alkanes of at least 4 members (excludes halogenated alkanes) is 1. The van der Waals surface area contributed by atoms with Gasteiger partial charge in [0.1, 0.15) is 11.1 Å². The van der Waals surface area contributed by atoms with Crippen molar-refractivity contribution in [1.82, 2.24) is 34.6 Å². The number of carbonyl (C=O) groups excluding carboxylic acids is 4. The Hall–Kier alpha value is -6.08. The molecule has 1 atom stereocenters. The van der Waals surface area contributed by atoms with Crippen molar-refractivity contribution < 1.29 is 23.9 Å². The minimum atomic E-state index is -0.726. The van der Waals surface area contributed by atoms with Gasteiger partial charge in [-0.2, -0.15) is 5.10 Å². The highest BCUT2D eigenvalue weighted by atomic mass is 35.5. The van der Waals surface area contributed by atoms with Gasteiger partial charge in [-0.25, -0.2) is 14.3 Å². The fourth-order valence-electron chi connectivity index (χ4n) is 6.18. The predicted molar refractivity (Wildman–Crippen MR) is 191 cm³/mol. The zero-order valence-corrected chi connectivity index (χ0v) is 28.6. The Morgan fingerprint density at radius 3 is 2.41 bits per heavy atom. The van der Waals surface area contributed by atoms with Gasteiger partial charge in [-0.3, -0.25) is 29.3 Å². The largest absolute Gasteiger partial charge is 0.449 e. The lowest BCUT2D eigenvalue weighted by Crippen LogP contribution is -2.33. The normalized spacial score (nSPS) is 13.1. The van der Waals surface area contributed by atoms with Gasteiger partial charge >= 0.3 is 6.09 Å². The Morgan fingerprint density at radius 1 is 0.961 bits per heavy atom. The topological polar surface area (TPSA) is 153 Å². The summed E-state index contributed by atoms with van der Waals surface area (Å²) in [7, 11) is 0. The van der Waals surface area contributed by atoms with Crippen LogP contribution in [0.15, 0.2) is 85.3 Å². The highest BCUT2D eigenvalue weighted by Crippen LogP contribution is 2.39. The molecular formula is C37H33ClN8O5. The first-order valence-corrected chi connectivity index (χ1v) is 16.9. The van der Waals surface area contributed by atoms with Crippen molar-refractivity contribution in [3.63, 3.8) is 0 Å². The van der Waals surface area contributed by atoms with Crippen LogP contribution in [0.2, 0.25) is 5.02 Å². The molecule has 1 unspecified atom stereocenters. The molecule has 1 aliphatic rings. The Labute approximate surface area is 297 Å². The number of rotatable bonds is 11. The molecule has 0 saturated carbocycles. The Balaban J connectivity index is 1.20. The van der Waals surface area contributed by atoms with E-state index in [0.29, 0.717) is 39.0 Å². The van der Waals surface area contributed by atoms with Crippen LogP contribution in [-0.2, 0) is 11.3 Å². The second kappa shape index (κ2) is 14.0. The maximum absolute atomic E-state index is 14.0. The fraction of sp³-hybridized carbons (Fsp3) is 0.216. The number of aromatic nitrogens is 5. The van der Waals surface area contributed by atoms with Gasteiger partial charge < -0.3 is 10.1 Å². The number of amides is 4. The van der Waals surface area contributed by atoms with E-state index in [-0.39, 0.29) is 48.5 Å². The second-order valence-electron chi connectivity index (χ2n) is 12.1. The summed E-state index contributed by atoms with van der Waals surface area (Å²) in [5, 5.41) is 16.0. The fourth-order valence-corrected chi connectivity index (χ4v) is 6.44. The quantitative estimate of drug-likeness (QED) is 0.114. The lowest BCUT2D eigenvalue weighted by molar-refractivity contribution is 0.0647. The molecular weight excluding hydrogens is 672 g/mol. The summed E-state index contributed by atoms with van der Waals surface area (Å²) < 4.78 is 8.33. The van der Waals surface area contributed by atoms with Crippen molar-refractivity contribution in [2.75, 3.05) is 18.5 Å². The van der Waals surface area contributed by atoms with Crippen LogP contribution in [-0.4, -0.2) is 66.2 Å². The second-order valence-corrected chi connectivity index (χ2v) is 12.5. The van der Waals surface area contributed by atoms with Crippen LogP contribution >= 0.6 is 11.6 Å². The summed E-state index contributed by atoms with van der Waals surface area (Å²) in [5.41, 5.74) is 3.96. The summed E-state index contributed by atoms with van der Waals surface area (Å²) in [4.78, 5) is 58.1. The van der Waals surface area contributed by atoms with Gasteiger partial charge in [-0.15, -0.1) is 5.10 Å². The summed E-state index contributed by atoms with van der Waals surface area (Å²) in [6.45, 7) is 4.40. The van der Waals surface area contributed by atoms with E-state index in [2.05, 4.69) is 20.7 Å². The smallest absolute Gasteiger partial charge is 0.412 e. The summed E-state index contributed by atoms with van der Waals surface area (Å²) in [6.07, 6.45) is 5.78. The molecule has 0 bridgehead atoms. The highest BCUT2D eigenvalue weighted by Gasteiger charge is 2.35. The van der Waals surface area contributed by atoms with Gasteiger partial charge in [0.05, 0.1) is 35.3 Å². The Kier molecular flexibility index (Phi) is 9.20. The highest BCUT2D eigenvalue weighted by molar-refractivity contribution is 6.36. The van der Waals surface area contributed by atoms with E-state index in [0.717, 1.165) is 17.5 Å². The molecule has 0 aliphatic carbocycles. The first-order valence-electron chi connectivity index (χ1n) is 16.5. The molecule has 51 heavy (non-hydrogen) atoms. The van der Waals surface area contributed by atoms with Crippen molar-refractivity contribution in [3.8, 4) is 11.1 Å². The van der Waals surface area contributed by atoms with Crippen LogP contribution < -0.4 is 10.6 Å². The number of imide groups is 1. The molecule has 258 valence electrons. The van der Waals surface area contributed by atoms with Crippen molar-refractivity contribution in [2.24, 2.45) is 0 Å². The van der Waals surface area contributed by atoms with E-state index in [1.807, 2.05) is 44.2 Å². The number of halogens is 1. The Morgan fingerprint density at radius 2 is 1.69 bits per heavy atom. The van der Waals surface area contributed by atoms with Crippen LogP contribution in [0.25, 0.3) is 27.7 Å². The SMILES string of the molecule is CCCCOC(=O)Nc1nn2cccnc2c1C(=O)NC(C)c1cc(Cl)c2cn(CCN3C(=O)c4ccccc4C3=O)nc2c1-c1ccccc1. The van der Waals surface area contributed by atoms with Gasteiger partial charge in [-0.05, 0) is 48.7 Å². The van der Waals surface area contributed by atoms with Crippen LogP contribution in [0.3, 0.4) is 0 Å². The number of ether oxygens (including phenoxy) is 1. The number of nitrogens with zero attached hydrogens (tertiary/aromatic N) is 6. The number of fused-ring (bicyclic) bond motifs is 3. The molecule has 2 N–H and O–H groups in total. The number of anilines is 1.